The first-order valence-corrected chi connectivity index (χ1v) is 8.92. The minimum Gasteiger partial charge on any atom is -0.478 e. The van der Waals surface area contributed by atoms with Gasteiger partial charge in [0.15, 0.2) is 0 Å². The van der Waals surface area contributed by atoms with Crippen molar-refractivity contribution in [1.82, 2.24) is 14.7 Å². The number of nitrogens with zero attached hydrogens (tertiary/aromatic N) is 3. The zero-order valence-electron chi connectivity index (χ0n) is 15.9. The molecule has 1 unspecified atom stereocenters. The standard InChI is InChI=1S/C20H25N3O4/c1-21(2)19(24)17-13-23(11-10-22(17)3)12-14-8-9-18(27-14)15-6-4-5-7-16(15)20(25)26/h4-9,17H,10-13H2,1-3H3,(H,25,26). The molecule has 1 saturated heterocycles. The second kappa shape index (κ2) is 7.94. The first-order chi connectivity index (χ1) is 12.9. The molecule has 1 aromatic heterocycles. The fraction of sp³-hybridized carbons (Fsp3) is 0.400. The van der Waals surface area contributed by atoms with E-state index >= 15 is 0 Å². The van der Waals surface area contributed by atoms with Crippen LogP contribution in [0.5, 0.6) is 0 Å². The maximum atomic E-state index is 12.4. The molecule has 3 rings (SSSR count). The third kappa shape index (κ3) is 4.20. The number of likely N-dealkylation sites (N-methyl/N-ethyl adjacent to an activating group) is 2. The molecule has 1 amide bonds. The Kier molecular flexibility index (Phi) is 5.62. The predicted molar refractivity (Wildman–Crippen MR) is 101 cm³/mol. The van der Waals surface area contributed by atoms with E-state index in [1.54, 1.807) is 49.3 Å². The van der Waals surface area contributed by atoms with Crippen LogP contribution < -0.4 is 0 Å². The Balaban J connectivity index is 1.73. The Bertz CT molecular complexity index is 830. The number of carboxylic acids is 1. The van der Waals surface area contributed by atoms with Gasteiger partial charge < -0.3 is 14.4 Å². The Hall–Kier alpha value is -2.64. The van der Waals surface area contributed by atoms with E-state index in [-0.39, 0.29) is 17.5 Å². The van der Waals surface area contributed by atoms with E-state index in [2.05, 4.69) is 9.80 Å². The lowest BCUT2D eigenvalue weighted by molar-refractivity contribution is -0.136. The van der Waals surface area contributed by atoms with Crippen molar-refractivity contribution in [3.05, 3.63) is 47.7 Å². The molecule has 2 aromatic rings. The summed E-state index contributed by atoms with van der Waals surface area (Å²) in [4.78, 5) is 29.7. The van der Waals surface area contributed by atoms with Gasteiger partial charge in [-0.25, -0.2) is 4.79 Å². The molecule has 1 atom stereocenters. The highest BCUT2D eigenvalue weighted by atomic mass is 16.4. The lowest BCUT2D eigenvalue weighted by Crippen LogP contribution is -2.57. The van der Waals surface area contributed by atoms with Crippen molar-refractivity contribution < 1.29 is 19.1 Å². The Morgan fingerprint density at radius 3 is 2.63 bits per heavy atom. The molecule has 7 heteroatoms. The first-order valence-electron chi connectivity index (χ1n) is 8.92. The molecule has 1 aliphatic rings. The number of carbonyl (C=O) groups excluding carboxylic acids is 1. The summed E-state index contributed by atoms with van der Waals surface area (Å²) in [5.74, 6) is 0.411. The van der Waals surface area contributed by atoms with Crippen LogP contribution in [0.4, 0.5) is 0 Å². The molecule has 0 spiro atoms. The monoisotopic (exact) mass is 371 g/mol. The molecule has 1 fully saturated rings. The van der Waals surface area contributed by atoms with Gasteiger partial charge in [-0.3, -0.25) is 14.6 Å². The first kappa shape index (κ1) is 19.1. The van der Waals surface area contributed by atoms with Gasteiger partial charge in [0.25, 0.3) is 0 Å². The van der Waals surface area contributed by atoms with Crippen LogP contribution in [-0.4, -0.2) is 78.5 Å². The number of amides is 1. The molecule has 0 radical (unpaired) electrons. The second-order valence-electron chi connectivity index (χ2n) is 7.08. The number of piperazine rings is 1. The quantitative estimate of drug-likeness (QED) is 0.864. The van der Waals surface area contributed by atoms with Crippen LogP contribution in [-0.2, 0) is 11.3 Å². The number of rotatable bonds is 5. The van der Waals surface area contributed by atoms with Gasteiger partial charge in [-0.15, -0.1) is 0 Å². The van der Waals surface area contributed by atoms with E-state index in [4.69, 9.17) is 4.42 Å². The highest BCUT2D eigenvalue weighted by molar-refractivity contribution is 5.95. The number of carboxylic acid groups (broad SMARTS) is 1. The molecule has 27 heavy (non-hydrogen) atoms. The van der Waals surface area contributed by atoms with Gasteiger partial charge in [0.2, 0.25) is 5.91 Å². The Labute approximate surface area is 158 Å². The normalized spacial score (nSPS) is 18.4. The summed E-state index contributed by atoms with van der Waals surface area (Å²) in [6, 6.07) is 10.3. The van der Waals surface area contributed by atoms with Crippen molar-refractivity contribution >= 4 is 11.9 Å². The van der Waals surface area contributed by atoms with Crippen LogP contribution in [0.2, 0.25) is 0 Å². The third-order valence-corrected chi connectivity index (χ3v) is 4.92. The molecular formula is C20H25N3O4. The smallest absolute Gasteiger partial charge is 0.336 e. The van der Waals surface area contributed by atoms with Gasteiger partial charge in [-0.2, -0.15) is 0 Å². The van der Waals surface area contributed by atoms with Gasteiger partial charge >= 0.3 is 5.97 Å². The molecule has 7 nitrogen and oxygen atoms in total. The molecule has 144 valence electrons. The molecular weight excluding hydrogens is 346 g/mol. The summed E-state index contributed by atoms with van der Waals surface area (Å²) in [6.07, 6.45) is 0. The number of benzene rings is 1. The summed E-state index contributed by atoms with van der Waals surface area (Å²) < 4.78 is 5.92. The van der Waals surface area contributed by atoms with E-state index in [1.807, 2.05) is 13.1 Å². The molecule has 0 aliphatic carbocycles. The van der Waals surface area contributed by atoms with Crippen LogP contribution in [0.25, 0.3) is 11.3 Å². The number of furan rings is 1. The SMILES string of the molecule is CN(C)C(=O)C1CN(Cc2ccc(-c3ccccc3C(=O)O)o2)CCN1C. The number of hydrogen-bond acceptors (Lipinski definition) is 5. The van der Waals surface area contributed by atoms with Crippen molar-refractivity contribution in [2.75, 3.05) is 40.8 Å². The van der Waals surface area contributed by atoms with Gasteiger partial charge in [0, 0.05) is 39.3 Å². The fourth-order valence-electron chi connectivity index (χ4n) is 3.35. The predicted octanol–water partition coefficient (Wildman–Crippen LogP) is 1.85. The van der Waals surface area contributed by atoms with Crippen LogP contribution in [0.3, 0.4) is 0 Å². The Morgan fingerprint density at radius 1 is 1.19 bits per heavy atom. The van der Waals surface area contributed by atoms with E-state index in [9.17, 15) is 14.7 Å². The molecule has 1 N–H and O–H groups in total. The lowest BCUT2D eigenvalue weighted by atomic mass is 10.1. The van der Waals surface area contributed by atoms with Crippen molar-refractivity contribution in [2.24, 2.45) is 0 Å². The van der Waals surface area contributed by atoms with Gasteiger partial charge in [-0.05, 0) is 25.2 Å². The van der Waals surface area contributed by atoms with Crippen LogP contribution in [0, 0.1) is 0 Å². The van der Waals surface area contributed by atoms with Gasteiger partial charge in [0.1, 0.15) is 17.6 Å². The van der Waals surface area contributed by atoms with Crippen molar-refractivity contribution in [2.45, 2.75) is 12.6 Å². The highest BCUT2D eigenvalue weighted by Gasteiger charge is 2.31. The molecule has 0 bridgehead atoms. The van der Waals surface area contributed by atoms with E-state index in [0.717, 1.165) is 18.8 Å². The molecule has 1 aliphatic heterocycles. The molecule has 2 heterocycles. The average molecular weight is 371 g/mol. The lowest BCUT2D eigenvalue weighted by Gasteiger charge is -2.39. The molecule has 1 aromatic carbocycles. The van der Waals surface area contributed by atoms with Gasteiger partial charge in [0.05, 0.1) is 12.1 Å². The average Bonchev–Trinajstić information content (AvgIpc) is 3.11. The fourth-order valence-corrected chi connectivity index (χ4v) is 3.35. The van der Waals surface area contributed by atoms with E-state index in [1.165, 1.54) is 0 Å². The number of carbonyl (C=O) groups is 2. The zero-order valence-corrected chi connectivity index (χ0v) is 15.9. The summed E-state index contributed by atoms with van der Waals surface area (Å²) in [5, 5.41) is 9.36. The highest BCUT2D eigenvalue weighted by Crippen LogP contribution is 2.27. The van der Waals surface area contributed by atoms with Crippen molar-refractivity contribution in [3.8, 4) is 11.3 Å². The minimum atomic E-state index is -0.979. The largest absolute Gasteiger partial charge is 0.478 e. The van der Waals surface area contributed by atoms with Crippen molar-refractivity contribution in [3.63, 3.8) is 0 Å². The number of aromatic carboxylic acids is 1. The van der Waals surface area contributed by atoms with E-state index in [0.29, 0.717) is 24.4 Å². The van der Waals surface area contributed by atoms with Crippen LogP contribution >= 0.6 is 0 Å². The second-order valence-corrected chi connectivity index (χ2v) is 7.08. The molecule has 0 saturated carbocycles. The van der Waals surface area contributed by atoms with E-state index < -0.39 is 5.97 Å². The van der Waals surface area contributed by atoms with Crippen molar-refractivity contribution in [1.29, 1.82) is 0 Å². The summed E-state index contributed by atoms with van der Waals surface area (Å²) in [7, 11) is 5.51. The summed E-state index contributed by atoms with van der Waals surface area (Å²) in [5.41, 5.74) is 0.782. The Morgan fingerprint density at radius 2 is 1.93 bits per heavy atom. The van der Waals surface area contributed by atoms with Gasteiger partial charge in [-0.1, -0.05) is 18.2 Å². The maximum absolute atomic E-state index is 12.4. The zero-order chi connectivity index (χ0) is 19.6. The third-order valence-electron chi connectivity index (χ3n) is 4.92. The van der Waals surface area contributed by atoms with Crippen LogP contribution in [0.1, 0.15) is 16.1 Å². The minimum absolute atomic E-state index is 0.0951. The van der Waals surface area contributed by atoms with Crippen LogP contribution in [0.15, 0.2) is 40.8 Å². The summed E-state index contributed by atoms with van der Waals surface area (Å²) in [6.45, 7) is 2.87. The number of hydrogen-bond donors (Lipinski definition) is 1. The topological polar surface area (TPSA) is 77.2 Å². The maximum Gasteiger partial charge on any atom is 0.336 e. The summed E-state index contributed by atoms with van der Waals surface area (Å²) >= 11 is 0.